The smallest absolute Gasteiger partial charge is 0.260 e. The van der Waals surface area contributed by atoms with E-state index in [1.165, 1.54) is 23.1 Å². The van der Waals surface area contributed by atoms with Crippen LogP contribution in [0.5, 0.6) is 5.75 Å². The van der Waals surface area contributed by atoms with Crippen molar-refractivity contribution < 1.29 is 9.90 Å². The highest BCUT2D eigenvalue weighted by molar-refractivity contribution is 6.05. The SMILES string of the molecule is CC(C)C(C)n1nccc1NC(=O)c1ccc(-n2cnnn2)cc1O. The Morgan fingerprint density at radius 3 is 2.68 bits per heavy atom. The minimum atomic E-state index is -0.418. The van der Waals surface area contributed by atoms with Crippen molar-refractivity contribution in [3.63, 3.8) is 0 Å². The monoisotopic (exact) mass is 341 g/mol. The first kappa shape index (κ1) is 16.6. The molecule has 2 N–H and O–H groups in total. The van der Waals surface area contributed by atoms with Crippen LogP contribution in [0.25, 0.3) is 5.69 Å². The van der Waals surface area contributed by atoms with E-state index in [0.29, 0.717) is 17.4 Å². The second-order valence-corrected chi connectivity index (χ2v) is 6.06. The largest absolute Gasteiger partial charge is 0.507 e. The van der Waals surface area contributed by atoms with E-state index in [4.69, 9.17) is 0 Å². The van der Waals surface area contributed by atoms with E-state index in [2.05, 4.69) is 39.8 Å². The Labute approximate surface area is 144 Å². The van der Waals surface area contributed by atoms with E-state index in [-0.39, 0.29) is 17.4 Å². The lowest BCUT2D eigenvalue weighted by Gasteiger charge is -2.19. The molecule has 9 heteroatoms. The van der Waals surface area contributed by atoms with Crippen molar-refractivity contribution in [1.82, 2.24) is 30.0 Å². The van der Waals surface area contributed by atoms with Gasteiger partial charge in [-0.2, -0.15) is 5.10 Å². The molecule has 0 saturated heterocycles. The molecule has 1 amide bonds. The molecule has 9 nitrogen and oxygen atoms in total. The first-order valence-corrected chi connectivity index (χ1v) is 7.88. The van der Waals surface area contributed by atoms with Crippen LogP contribution in [0, 0.1) is 5.92 Å². The number of hydrogen-bond acceptors (Lipinski definition) is 6. The van der Waals surface area contributed by atoms with Crippen LogP contribution in [-0.4, -0.2) is 41.0 Å². The zero-order valence-corrected chi connectivity index (χ0v) is 14.2. The van der Waals surface area contributed by atoms with E-state index < -0.39 is 5.91 Å². The van der Waals surface area contributed by atoms with Crippen molar-refractivity contribution in [2.45, 2.75) is 26.8 Å². The van der Waals surface area contributed by atoms with E-state index in [9.17, 15) is 9.90 Å². The molecule has 3 aromatic rings. The van der Waals surface area contributed by atoms with E-state index in [0.717, 1.165) is 0 Å². The minimum absolute atomic E-state index is 0.126. The predicted molar refractivity (Wildman–Crippen MR) is 90.5 cm³/mol. The third-order valence-corrected chi connectivity index (χ3v) is 4.10. The number of phenols is 1. The Kier molecular flexibility index (Phi) is 4.46. The van der Waals surface area contributed by atoms with Gasteiger partial charge in [0.25, 0.3) is 5.91 Å². The van der Waals surface area contributed by atoms with Gasteiger partial charge in [0.15, 0.2) is 0 Å². The highest BCUT2D eigenvalue weighted by Gasteiger charge is 2.18. The molecule has 2 heterocycles. The van der Waals surface area contributed by atoms with Gasteiger partial charge in [-0.15, -0.1) is 5.10 Å². The molecule has 1 unspecified atom stereocenters. The number of benzene rings is 1. The molecule has 0 aliphatic carbocycles. The van der Waals surface area contributed by atoms with Crippen LogP contribution in [0.3, 0.4) is 0 Å². The Morgan fingerprint density at radius 2 is 2.04 bits per heavy atom. The summed E-state index contributed by atoms with van der Waals surface area (Å²) in [5.41, 5.74) is 0.708. The van der Waals surface area contributed by atoms with Crippen LogP contribution in [0.4, 0.5) is 5.82 Å². The fraction of sp³-hybridized carbons (Fsp3) is 0.312. The zero-order valence-electron chi connectivity index (χ0n) is 14.2. The Morgan fingerprint density at radius 1 is 1.24 bits per heavy atom. The summed E-state index contributed by atoms with van der Waals surface area (Å²) in [6.45, 7) is 6.20. The quantitative estimate of drug-likeness (QED) is 0.734. The molecule has 1 atom stereocenters. The standard InChI is InChI=1S/C16H19N7O2/c1-10(2)11(3)23-15(6-7-18-23)19-16(25)13-5-4-12(8-14(13)24)22-9-17-20-21-22/h4-11,24H,1-3H3,(H,19,25). The van der Waals surface area contributed by atoms with Crippen molar-refractivity contribution in [2.75, 3.05) is 5.32 Å². The third-order valence-electron chi connectivity index (χ3n) is 4.10. The Hall–Kier alpha value is -3.23. The highest BCUT2D eigenvalue weighted by atomic mass is 16.3. The van der Waals surface area contributed by atoms with Gasteiger partial charge in [-0.1, -0.05) is 13.8 Å². The second-order valence-electron chi connectivity index (χ2n) is 6.06. The lowest BCUT2D eigenvalue weighted by atomic mass is 10.1. The fourth-order valence-electron chi connectivity index (χ4n) is 2.34. The van der Waals surface area contributed by atoms with E-state index >= 15 is 0 Å². The lowest BCUT2D eigenvalue weighted by Crippen LogP contribution is -2.20. The van der Waals surface area contributed by atoms with Gasteiger partial charge in [-0.05, 0) is 35.4 Å². The van der Waals surface area contributed by atoms with Crippen molar-refractivity contribution in [3.8, 4) is 11.4 Å². The molecular formula is C16H19N7O2. The number of anilines is 1. The summed E-state index contributed by atoms with van der Waals surface area (Å²) in [6, 6.07) is 6.46. The maximum Gasteiger partial charge on any atom is 0.260 e. The van der Waals surface area contributed by atoms with Crippen LogP contribution in [0.2, 0.25) is 0 Å². The van der Waals surface area contributed by atoms with Gasteiger partial charge in [0.2, 0.25) is 0 Å². The molecule has 0 saturated carbocycles. The molecule has 0 radical (unpaired) electrons. The predicted octanol–water partition coefficient (Wildman–Crippen LogP) is 2.03. The van der Waals surface area contributed by atoms with Gasteiger partial charge in [0.05, 0.1) is 23.5 Å². The number of nitrogens with zero attached hydrogens (tertiary/aromatic N) is 6. The molecule has 25 heavy (non-hydrogen) atoms. The molecule has 3 rings (SSSR count). The molecule has 1 aromatic carbocycles. The van der Waals surface area contributed by atoms with Gasteiger partial charge >= 0.3 is 0 Å². The maximum atomic E-state index is 12.5. The number of amides is 1. The molecule has 0 aliphatic rings. The van der Waals surface area contributed by atoms with Crippen molar-refractivity contribution in [2.24, 2.45) is 5.92 Å². The molecule has 0 spiro atoms. The number of carbonyl (C=O) groups excluding carboxylic acids is 1. The number of nitrogens with one attached hydrogen (secondary N) is 1. The van der Waals surface area contributed by atoms with Crippen molar-refractivity contribution in [3.05, 3.63) is 42.4 Å². The molecule has 2 aromatic heterocycles. The van der Waals surface area contributed by atoms with Crippen molar-refractivity contribution in [1.29, 1.82) is 0 Å². The first-order chi connectivity index (χ1) is 12.0. The number of phenolic OH excluding ortho intramolecular Hbond substituents is 1. The van der Waals surface area contributed by atoms with Gasteiger partial charge in [0.1, 0.15) is 17.9 Å². The van der Waals surface area contributed by atoms with Crippen LogP contribution in [-0.2, 0) is 0 Å². The number of aromatic nitrogens is 6. The number of carbonyl (C=O) groups is 1. The third kappa shape index (κ3) is 3.35. The normalized spacial score (nSPS) is 12.3. The Bertz CT molecular complexity index is 871. The molecular weight excluding hydrogens is 322 g/mol. The average Bonchev–Trinajstić information content (AvgIpc) is 3.25. The maximum absolute atomic E-state index is 12.5. The van der Waals surface area contributed by atoms with Crippen LogP contribution in [0.15, 0.2) is 36.8 Å². The topological polar surface area (TPSA) is 111 Å². The summed E-state index contributed by atoms with van der Waals surface area (Å²) in [5.74, 6) is 0.363. The average molecular weight is 341 g/mol. The summed E-state index contributed by atoms with van der Waals surface area (Å²) in [4.78, 5) is 12.5. The zero-order chi connectivity index (χ0) is 18.0. The number of tetrazole rings is 1. The lowest BCUT2D eigenvalue weighted by molar-refractivity contribution is 0.102. The van der Waals surface area contributed by atoms with E-state index in [1.54, 1.807) is 23.0 Å². The summed E-state index contributed by atoms with van der Waals surface area (Å²) >= 11 is 0. The molecule has 130 valence electrons. The Balaban J connectivity index is 1.82. The first-order valence-electron chi connectivity index (χ1n) is 7.88. The minimum Gasteiger partial charge on any atom is -0.507 e. The molecule has 0 fully saturated rings. The fourth-order valence-corrected chi connectivity index (χ4v) is 2.34. The van der Waals surface area contributed by atoms with Crippen LogP contribution < -0.4 is 5.32 Å². The van der Waals surface area contributed by atoms with Gasteiger partial charge in [0, 0.05) is 12.1 Å². The van der Waals surface area contributed by atoms with Gasteiger partial charge < -0.3 is 10.4 Å². The summed E-state index contributed by atoms with van der Waals surface area (Å²) < 4.78 is 3.15. The summed E-state index contributed by atoms with van der Waals surface area (Å²) in [7, 11) is 0. The molecule has 0 aliphatic heterocycles. The van der Waals surface area contributed by atoms with Crippen molar-refractivity contribution >= 4 is 11.7 Å². The number of hydrogen-bond donors (Lipinski definition) is 2. The van der Waals surface area contributed by atoms with Crippen LogP contribution in [0.1, 0.15) is 37.2 Å². The van der Waals surface area contributed by atoms with Crippen LogP contribution >= 0.6 is 0 Å². The van der Waals surface area contributed by atoms with Gasteiger partial charge in [-0.3, -0.25) is 4.79 Å². The summed E-state index contributed by atoms with van der Waals surface area (Å²) in [5, 5.41) is 28.1. The van der Waals surface area contributed by atoms with E-state index in [1.807, 2.05) is 6.92 Å². The molecule has 0 bridgehead atoms. The number of aromatic hydroxyl groups is 1. The van der Waals surface area contributed by atoms with Gasteiger partial charge in [-0.25, -0.2) is 9.36 Å². The number of rotatable bonds is 5. The second kappa shape index (κ2) is 6.71. The highest BCUT2D eigenvalue weighted by Crippen LogP contribution is 2.24. The summed E-state index contributed by atoms with van der Waals surface area (Å²) in [6.07, 6.45) is 3.04.